The minimum Gasteiger partial charge on any atom is -0.322 e. The highest BCUT2D eigenvalue weighted by molar-refractivity contribution is 6.31. The van der Waals surface area contributed by atoms with Crippen molar-refractivity contribution in [2.75, 3.05) is 34.3 Å². The van der Waals surface area contributed by atoms with Crippen molar-refractivity contribution in [3.8, 4) is 0 Å². The van der Waals surface area contributed by atoms with Crippen LogP contribution in [0.4, 0.5) is 70.1 Å². The number of carbonyl (C=O) groups excluding carboxylic acids is 9. The lowest BCUT2D eigenvalue weighted by atomic mass is 9.87. The first-order chi connectivity index (χ1) is 46.0. The van der Waals surface area contributed by atoms with E-state index in [4.69, 9.17) is 34.8 Å². The number of piperazine rings is 3. The summed E-state index contributed by atoms with van der Waals surface area (Å²) in [6.07, 6.45) is -10.4. The molecule has 528 valence electrons. The summed E-state index contributed by atoms with van der Waals surface area (Å²) in [7, 11) is 0. The number of carbonyl (C=O) groups is 9. The third kappa shape index (κ3) is 18.3. The fourth-order valence-corrected chi connectivity index (χ4v) is 11.4. The maximum Gasteiger partial charge on any atom is 0.416 e. The Morgan fingerprint density at radius 3 is 0.798 bits per heavy atom. The van der Waals surface area contributed by atoms with Crippen LogP contribution in [-0.2, 0) is 81.3 Å². The summed E-state index contributed by atoms with van der Waals surface area (Å²) in [5, 5.41) is 0.0286. The van der Waals surface area contributed by atoms with E-state index in [1.165, 1.54) is 92.6 Å². The van der Waals surface area contributed by atoms with E-state index in [2.05, 4.69) is 15.0 Å². The molecule has 3 aromatic heterocycles. The Bertz CT molecular complexity index is 3690. The maximum absolute atomic E-state index is 14.5. The van der Waals surface area contributed by atoms with Gasteiger partial charge in [-0.3, -0.25) is 43.5 Å². The number of benzene rings is 3. The number of anilines is 3. The van der Waals surface area contributed by atoms with E-state index in [9.17, 15) is 95.8 Å². The topological polar surface area (TPSA) is 212 Å². The lowest BCUT2D eigenvalue weighted by Crippen LogP contribution is -2.67. The standard InChI is InChI=1S/3C22H20ClF4N3O3/c3*1-13(31)7-8-21(2)20(33)29(19-17(24)9-16(23)10-28-19)12-18(32)30(21)11-14-3-5-15(6-4-14)22(25,26)27/h3*3-6,9-10H,7-8,11-12H2,1-2H3/t2*21-;/m10./s1. The summed E-state index contributed by atoms with van der Waals surface area (Å²) in [6, 6.07) is 15.5. The molecule has 99 heavy (non-hydrogen) atoms. The number of alkyl halides is 9. The van der Waals surface area contributed by atoms with Crippen LogP contribution in [0.1, 0.15) is 113 Å². The Balaban J connectivity index is 0.000000209. The number of Topliss-reactive ketones (excluding diaryl/α,β-unsaturated/α-hetero) is 3. The van der Waals surface area contributed by atoms with Crippen LogP contribution in [0.3, 0.4) is 0 Å². The first kappa shape index (κ1) is 77.3. The zero-order valence-electron chi connectivity index (χ0n) is 53.2. The number of hydrogen-bond acceptors (Lipinski definition) is 12. The van der Waals surface area contributed by atoms with Gasteiger partial charge in [0.25, 0.3) is 17.7 Å². The van der Waals surface area contributed by atoms with Crippen molar-refractivity contribution < 1.29 is 95.8 Å². The monoisotopic (exact) mass is 1460 g/mol. The van der Waals surface area contributed by atoms with Crippen LogP contribution in [0.2, 0.25) is 15.1 Å². The smallest absolute Gasteiger partial charge is 0.322 e. The van der Waals surface area contributed by atoms with Crippen molar-refractivity contribution in [3.63, 3.8) is 0 Å². The Labute approximate surface area is 572 Å². The van der Waals surface area contributed by atoms with Gasteiger partial charge in [-0.1, -0.05) is 71.2 Å². The summed E-state index contributed by atoms with van der Waals surface area (Å²) in [6.45, 7) is 6.25. The van der Waals surface area contributed by atoms with Crippen molar-refractivity contribution in [2.45, 2.75) is 135 Å². The molecule has 6 amide bonds. The molecule has 6 aromatic rings. The van der Waals surface area contributed by atoms with Crippen LogP contribution >= 0.6 is 34.8 Å². The van der Waals surface area contributed by atoms with Gasteiger partial charge in [0.1, 0.15) is 53.6 Å². The van der Waals surface area contributed by atoms with Crippen LogP contribution < -0.4 is 14.7 Å². The number of halogens is 15. The summed E-state index contributed by atoms with van der Waals surface area (Å²) < 4.78 is 159. The van der Waals surface area contributed by atoms with Gasteiger partial charge in [0.15, 0.2) is 34.9 Å². The Morgan fingerprint density at radius 1 is 0.404 bits per heavy atom. The molecule has 9 rings (SSSR count). The highest BCUT2D eigenvalue weighted by atomic mass is 35.5. The average molecular weight is 1460 g/mol. The molecule has 0 aliphatic carbocycles. The molecule has 1 unspecified atom stereocenters. The number of aromatic nitrogens is 3. The van der Waals surface area contributed by atoms with E-state index in [1.807, 2.05) is 0 Å². The molecule has 18 nitrogen and oxygen atoms in total. The first-order valence-electron chi connectivity index (χ1n) is 29.8. The first-order valence-corrected chi connectivity index (χ1v) is 30.9. The van der Waals surface area contributed by atoms with Gasteiger partial charge in [0.2, 0.25) is 17.7 Å². The second-order valence-corrected chi connectivity index (χ2v) is 25.3. The quantitative estimate of drug-likeness (QED) is 0.0736. The van der Waals surface area contributed by atoms with Crippen LogP contribution in [0.5, 0.6) is 0 Å². The van der Waals surface area contributed by atoms with Gasteiger partial charge in [-0.25, -0.2) is 28.1 Å². The molecule has 0 radical (unpaired) electrons. The number of pyridine rings is 3. The minimum absolute atomic E-state index is 0.00954. The molecule has 33 heteroatoms. The third-order valence-corrected chi connectivity index (χ3v) is 17.2. The molecule has 3 aromatic carbocycles. The van der Waals surface area contributed by atoms with Crippen LogP contribution in [0.25, 0.3) is 0 Å². The molecule has 0 N–H and O–H groups in total. The number of hydrogen-bond donors (Lipinski definition) is 0. The van der Waals surface area contributed by atoms with Crippen molar-refractivity contribution in [2.24, 2.45) is 0 Å². The highest BCUT2D eigenvalue weighted by Crippen LogP contribution is 2.40. The van der Waals surface area contributed by atoms with Gasteiger partial charge in [-0.05, 0) is 132 Å². The zero-order valence-corrected chi connectivity index (χ0v) is 55.5. The summed E-state index contributed by atoms with van der Waals surface area (Å²) in [4.78, 5) is 132. The van der Waals surface area contributed by atoms with Gasteiger partial charge < -0.3 is 29.1 Å². The van der Waals surface area contributed by atoms with Crippen molar-refractivity contribution in [3.05, 3.63) is 175 Å². The highest BCUT2D eigenvalue weighted by Gasteiger charge is 2.53. The van der Waals surface area contributed by atoms with E-state index < -0.39 is 124 Å². The molecule has 3 aliphatic heterocycles. The summed E-state index contributed by atoms with van der Waals surface area (Å²) >= 11 is 17.2. The van der Waals surface area contributed by atoms with Crippen LogP contribution in [-0.4, -0.2) is 119 Å². The largest absolute Gasteiger partial charge is 0.416 e. The van der Waals surface area contributed by atoms with Crippen molar-refractivity contribution in [1.29, 1.82) is 0 Å². The van der Waals surface area contributed by atoms with Gasteiger partial charge >= 0.3 is 18.5 Å². The third-order valence-electron chi connectivity index (χ3n) is 16.6. The van der Waals surface area contributed by atoms with Gasteiger partial charge in [-0.2, -0.15) is 39.5 Å². The normalized spacial score (nSPS) is 19.2. The molecule has 6 heterocycles. The molecular weight excluding hydrogens is 1400 g/mol. The van der Waals surface area contributed by atoms with Crippen LogP contribution in [0.15, 0.2) is 110 Å². The minimum atomic E-state index is -4.51. The van der Waals surface area contributed by atoms with E-state index in [0.717, 1.165) is 87.9 Å². The second kappa shape index (κ2) is 30.6. The fraction of sp³-hybridized carbons (Fsp3) is 0.364. The summed E-state index contributed by atoms with van der Waals surface area (Å²) in [5.41, 5.74) is -6.12. The van der Waals surface area contributed by atoms with E-state index in [1.54, 1.807) is 0 Å². The van der Waals surface area contributed by atoms with E-state index in [-0.39, 0.29) is 108 Å². The lowest BCUT2D eigenvalue weighted by molar-refractivity contribution is -0.151. The Hall–Kier alpha value is -9.03. The van der Waals surface area contributed by atoms with E-state index in [0.29, 0.717) is 16.7 Å². The van der Waals surface area contributed by atoms with E-state index >= 15 is 0 Å². The number of rotatable bonds is 18. The average Bonchev–Trinajstić information content (AvgIpc) is 0.762. The molecule has 3 saturated heterocycles. The molecule has 3 atom stereocenters. The zero-order chi connectivity index (χ0) is 73.7. The SMILES string of the molecule is CC(=O)CCC1(C)C(=O)N(c2ncc(Cl)cc2F)CC(=O)N1Cc1ccc(C(F)(F)F)cc1.CC(=O)CC[C@@]1(C)C(=O)N(c2ncc(Cl)cc2F)CC(=O)N1Cc1ccc(C(F)(F)F)cc1.CC(=O)CC[C@]1(C)C(=O)N(c2ncc(Cl)cc2F)CC(=O)N1Cc1ccc(C(F)(F)F)cc1. The molecule has 3 fully saturated rings. The lowest BCUT2D eigenvalue weighted by Gasteiger charge is -2.47. The predicted octanol–water partition coefficient (Wildman–Crippen LogP) is 13.2. The molecular formula is C66H60Cl3F12N9O9. The van der Waals surface area contributed by atoms with Crippen molar-refractivity contribution in [1.82, 2.24) is 29.7 Å². The van der Waals surface area contributed by atoms with Gasteiger partial charge in [0, 0.05) is 57.5 Å². The Morgan fingerprint density at radius 2 is 0.616 bits per heavy atom. The van der Waals surface area contributed by atoms with Gasteiger partial charge in [0.05, 0.1) is 31.8 Å². The number of nitrogens with zero attached hydrogens (tertiary/aromatic N) is 9. The van der Waals surface area contributed by atoms with Gasteiger partial charge in [-0.15, -0.1) is 0 Å². The molecule has 0 saturated carbocycles. The van der Waals surface area contributed by atoms with Crippen LogP contribution in [0, 0.1) is 17.5 Å². The second-order valence-electron chi connectivity index (χ2n) is 24.0. The molecule has 3 aliphatic rings. The number of ketones is 3. The number of amides is 6. The predicted molar refractivity (Wildman–Crippen MR) is 336 cm³/mol. The molecule has 0 spiro atoms. The maximum atomic E-state index is 14.5. The Kier molecular flexibility index (Phi) is 23.9. The van der Waals surface area contributed by atoms with Crippen molar-refractivity contribution >= 4 is 105 Å². The molecule has 0 bridgehead atoms. The summed E-state index contributed by atoms with van der Waals surface area (Å²) in [5.74, 6) is -8.18. The fourth-order valence-electron chi connectivity index (χ4n) is 11.0.